The molecule has 0 aliphatic heterocycles. The fraction of sp³-hybridized carbons (Fsp3) is 0.667. The summed E-state index contributed by atoms with van der Waals surface area (Å²) in [5.41, 5.74) is -0.360. The van der Waals surface area contributed by atoms with Crippen LogP contribution in [0.15, 0.2) is 17.5 Å². The summed E-state index contributed by atoms with van der Waals surface area (Å²) in [4.78, 5) is 25.8. The van der Waals surface area contributed by atoms with Gasteiger partial charge in [0.25, 0.3) is 5.91 Å². The van der Waals surface area contributed by atoms with Crippen molar-refractivity contribution in [2.75, 3.05) is 6.61 Å². The first-order valence-electron chi connectivity index (χ1n) is 8.62. The van der Waals surface area contributed by atoms with Crippen molar-refractivity contribution in [3.63, 3.8) is 0 Å². The molecule has 1 amide bonds. The second-order valence-electron chi connectivity index (χ2n) is 7.82. The minimum atomic E-state index is -0.360. The summed E-state index contributed by atoms with van der Waals surface area (Å²) in [6.45, 7) is 0.324. The number of amides is 1. The van der Waals surface area contributed by atoms with Gasteiger partial charge >= 0.3 is 5.97 Å². The van der Waals surface area contributed by atoms with Crippen LogP contribution in [-0.2, 0) is 20.9 Å². The smallest absolute Gasteiger partial charge is 0.312 e. The molecular formula is C18H22BrNO3S. The van der Waals surface area contributed by atoms with Gasteiger partial charge in [0.1, 0.15) is 0 Å². The first kappa shape index (κ1) is 16.6. The molecule has 2 unspecified atom stereocenters. The highest BCUT2D eigenvalue weighted by Crippen LogP contribution is 2.64. The summed E-state index contributed by atoms with van der Waals surface area (Å²) in [5.74, 6) is 0.874. The van der Waals surface area contributed by atoms with Crippen molar-refractivity contribution in [1.29, 1.82) is 0 Å². The van der Waals surface area contributed by atoms with Crippen LogP contribution in [-0.4, -0.2) is 22.8 Å². The van der Waals surface area contributed by atoms with E-state index in [-0.39, 0.29) is 28.2 Å². The number of carbonyl (C=O) groups is 2. The summed E-state index contributed by atoms with van der Waals surface area (Å²) in [6, 6.07) is 3.93. The molecule has 1 aromatic heterocycles. The maximum Gasteiger partial charge on any atom is 0.312 e. The zero-order valence-electron chi connectivity index (χ0n) is 13.6. The highest BCUT2D eigenvalue weighted by atomic mass is 79.9. The Balaban J connectivity index is 1.32. The van der Waals surface area contributed by atoms with Gasteiger partial charge in [-0.15, -0.1) is 11.3 Å². The molecule has 4 aliphatic carbocycles. The zero-order valence-corrected chi connectivity index (χ0v) is 16.0. The summed E-state index contributed by atoms with van der Waals surface area (Å²) >= 11 is 5.50. The lowest BCUT2D eigenvalue weighted by Gasteiger charge is -2.58. The molecule has 5 rings (SSSR count). The standard InChI is InChI=1S/C18H22BrNO3S/c19-18-7-12-4-13(8-18)6-17(5-12,11-18)16(22)23-10-15(21)20-9-14-2-1-3-24-14/h1-3,12-13H,4-11H2,(H,20,21). The van der Waals surface area contributed by atoms with Gasteiger partial charge in [-0.05, 0) is 61.8 Å². The molecule has 0 saturated heterocycles. The van der Waals surface area contributed by atoms with Crippen LogP contribution in [0.25, 0.3) is 0 Å². The van der Waals surface area contributed by atoms with Gasteiger partial charge < -0.3 is 10.1 Å². The van der Waals surface area contributed by atoms with Gasteiger partial charge in [0, 0.05) is 9.20 Å². The Labute approximate surface area is 154 Å². The molecule has 4 saturated carbocycles. The van der Waals surface area contributed by atoms with Crippen LogP contribution < -0.4 is 5.32 Å². The third-order valence-corrected chi connectivity index (χ3v) is 7.60. The third kappa shape index (κ3) is 3.15. The van der Waals surface area contributed by atoms with Gasteiger partial charge in [-0.1, -0.05) is 22.0 Å². The number of nitrogens with one attached hydrogen (secondary N) is 1. The van der Waals surface area contributed by atoms with Crippen molar-refractivity contribution in [3.05, 3.63) is 22.4 Å². The summed E-state index contributed by atoms with van der Waals surface area (Å²) < 4.78 is 5.56. The van der Waals surface area contributed by atoms with Gasteiger partial charge in [-0.3, -0.25) is 9.59 Å². The van der Waals surface area contributed by atoms with E-state index in [1.165, 1.54) is 19.3 Å². The number of esters is 1. The highest BCUT2D eigenvalue weighted by Gasteiger charge is 2.60. The van der Waals surface area contributed by atoms with Gasteiger partial charge in [0.05, 0.1) is 12.0 Å². The number of hydrogen-bond acceptors (Lipinski definition) is 4. The maximum atomic E-state index is 12.8. The second kappa shape index (κ2) is 6.13. The predicted octanol–water partition coefficient (Wildman–Crippen LogP) is 3.64. The highest BCUT2D eigenvalue weighted by molar-refractivity contribution is 9.10. The predicted molar refractivity (Wildman–Crippen MR) is 95.9 cm³/mol. The van der Waals surface area contributed by atoms with Crippen molar-refractivity contribution in [2.45, 2.75) is 49.4 Å². The van der Waals surface area contributed by atoms with Gasteiger partial charge in [0.15, 0.2) is 6.61 Å². The van der Waals surface area contributed by atoms with Gasteiger partial charge in [-0.2, -0.15) is 0 Å². The Morgan fingerprint density at radius 3 is 2.67 bits per heavy atom. The van der Waals surface area contributed by atoms with Gasteiger partial charge in [0.2, 0.25) is 0 Å². The Bertz CT molecular complexity index is 631. The van der Waals surface area contributed by atoms with Crippen molar-refractivity contribution in [1.82, 2.24) is 5.32 Å². The number of ether oxygens (including phenoxy) is 1. The van der Waals surface area contributed by atoms with E-state index in [4.69, 9.17) is 4.74 Å². The Kier molecular flexibility index (Phi) is 4.23. The van der Waals surface area contributed by atoms with Crippen LogP contribution in [0, 0.1) is 17.3 Å². The van der Waals surface area contributed by atoms with E-state index in [1.807, 2.05) is 17.5 Å². The van der Waals surface area contributed by atoms with Crippen molar-refractivity contribution < 1.29 is 14.3 Å². The van der Waals surface area contributed by atoms with Crippen LogP contribution in [0.4, 0.5) is 0 Å². The van der Waals surface area contributed by atoms with Crippen LogP contribution in [0.2, 0.25) is 0 Å². The molecule has 24 heavy (non-hydrogen) atoms. The number of carbonyl (C=O) groups excluding carboxylic acids is 2. The number of alkyl halides is 1. The lowest BCUT2D eigenvalue weighted by Crippen LogP contribution is -2.56. The Morgan fingerprint density at radius 1 is 1.29 bits per heavy atom. The molecule has 0 radical (unpaired) electrons. The SMILES string of the molecule is O=C(COC(=O)C12CC3CC(CC(Br)(C3)C1)C2)NCc1cccs1. The van der Waals surface area contributed by atoms with Crippen molar-refractivity contribution in [3.8, 4) is 0 Å². The fourth-order valence-corrected chi connectivity index (χ4v) is 7.42. The molecule has 4 bridgehead atoms. The van der Waals surface area contributed by atoms with E-state index in [9.17, 15) is 9.59 Å². The van der Waals surface area contributed by atoms with E-state index in [1.54, 1.807) is 11.3 Å². The average Bonchev–Trinajstić information content (AvgIpc) is 3.01. The average molecular weight is 412 g/mol. The minimum Gasteiger partial charge on any atom is -0.455 e. The monoisotopic (exact) mass is 411 g/mol. The van der Waals surface area contributed by atoms with Crippen LogP contribution in [0.3, 0.4) is 0 Å². The van der Waals surface area contributed by atoms with Crippen molar-refractivity contribution >= 4 is 39.1 Å². The molecule has 4 fully saturated rings. The van der Waals surface area contributed by atoms with Crippen LogP contribution in [0.5, 0.6) is 0 Å². The molecule has 0 spiro atoms. The normalized spacial score (nSPS) is 36.5. The molecule has 6 heteroatoms. The number of thiophene rings is 1. The van der Waals surface area contributed by atoms with E-state index >= 15 is 0 Å². The first-order chi connectivity index (χ1) is 11.5. The topological polar surface area (TPSA) is 55.4 Å². The molecular weight excluding hydrogens is 390 g/mol. The lowest BCUT2D eigenvalue weighted by atomic mass is 9.49. The second-order valence-corrected chi connectivity index (χ2v) is 10.5. The zero-order chi connectivity index (χ0) is 16.8. The van der Waals surface area contributed by atoms with Crippen LogP contribution >= 0.6 is 27.3 Å². The Hall–Kier alpha value is -0.880. The molecule has 2 atom stereocenters. The molecule has 0 aromatic carbocycles. The van der Waals surface area contributed by atoms with E-state index in [0.717, 1.165) is 24.1 Å². The minimum absolute atomic E-state index is 0.123. The molecule has 4 aliphatic rings. The van der Waals surface area contributed by atoms with E-state index in [2.05, 4.69) is 21.2 Å². The largest absolute Gasteiger partial charge is 0.455 e. The van der Waals surface area contributed by atoms with E-state index < -0.39 is 0 Å². The van der Waals surface area contributed by atoms with Crippen LogP contribution in [0.1, 0.15) is 43.4 Å². The van der Waals surface area contributed by atoms with Gasteiger partial charge in [-0.25, -0.2) is 0 Å². The molecule has 1 aromatic rings. The quantitative estimate of drug-likeness (QED) is 0.594. The summed E-state index contributed by atoms with van der Waals surface area (Å²) in [7, 11) is 0. The molecule has 130 valence electrons. The van der Waals surface area contributed by atoms with E-state index in [0.29, 0.717) is 18.4 Å². The van der Waals surface area contributed by atoms with Crippen molar-refractivity contribution in [2.24, 2.45) is 17.3 Å². The maximum absolute atomic E-state index is 12.8. The summed E-state index contributed by atoms with van der Waals surface area (Å²) in [5, 5.41) is 4.78. The number of halogens is 1. The number of rotatable bonds is 5. The third-order valence-electron chi connectivity index (χ3n) is 5.80. The first-order valence-corrected chi connectivity index (χ1v) is 10.3. The fourth-order valence-electron chi connectivity index (χ4n) is 5.32. The molecule has 1 N–H and O–H groups in total. The molecule has 1 heterocycles. The lowest BCUT2D eigenvalue weighted by molar-refractivity contribution is -0.171. The Morgan fingerprint density at radius 2 is 2.04 bits per heavy atom. The summed E-state index contributed by atoms with van der Waals surface area (Å²) in [6.07, 6.45) is 6.35. The molecule has 4 nitrogen and oxygen atoms in total. The number of hydrogen-bond donors (Lipinski definition) is 1.